The second-order valence-electron chi connectivity index (χ2n) is 9.44. The van der Waals surface area contributed by atoms with Crippen molar-refractivity contribution in [1.29, 1.82) is 5.26 Å². The largest absolute Gasteiger partial charge is 0.375 e. The lowest BCUT2D eigenvalue weighted by Crippen LogP contribution is -2.40. The zero-order valence-electron chi connectivity index (χ0n) is 16.2. The molecule has 0 amide bonds. The molecule has 0 saturated heterocycles. The zero-order chi connectivity index (χ0) is 17.7. The number of hydrogen-bond acceptors (Lipinski definition) is 2. The highest BCUT2D eigenvalue weighted by Gasteiger charge is 2.53. The van der Waals surface area contributed by atoms with E-state index in [9.17, 15) is 5.26 Å². The number of nitriles is 1. The van der Waals surface area contributed by atoms with Crippen LogP contribution in [0.25, 0.3) is 0 Å². The highest BCUT2D eigenvalue weighted by atomic mass is 16.5. The van der Waals surface area contributed by atoms with Gasteiger partial charge in [-0.3, -0.25) is 0 Å². The molecule has 0 N–H and O–H groups in total. The van der Waals surface area contributed by atoms with Crippen molar-refractivity contribution in [3.05, 3.63) is 22.8 Å². The van der Waals surface area contributed by atoms with E-state index in [2.05, 4.69) is 32.9 Å². The maximum Gasteiger partial charge on any atom is 0.0694 e. The molecule has 4 rings (SSSR count). The summed E-state index contributed by atoms with van der Waals surface area (Å²) in [6.45, 7) is 7.80. The van der Waals surface area contributed by atoms with Crippen molar-refractivity contribution in [3.63, 3.8) is 0 Å². The summed E-state index contributed by atoms with van der Waals surface area (Å²) in [5, 5.41) is 9.59. The third-order valence-corrected chi connectivity index (χ3v) is 7.89. The number of allylic oxidation sites excluding steroid dienone is 3. The monoisotopic (exact) mass is 339 g/mol. The highest BCUT2D eigenvalue weighted by molar-refractivity contribution is 5.45. The third-order valence-electron chi connectivity index (χ3n) is 7.89. The van der Waals surface area contributed by atoms with Gasteiger partial charge in [-0.1, -0.05) is 25.5 Å². The van der Waals surface area contributed by atoms with Gasteiger partial charge in [-0.05, 0) is 93.1 Å². The average molecular weight is 340 g/mol. The van der Waals surface area contributed by atoms with Gasteiger partial charge in [0, 0.05) is 6.61 Å². The van der Waals surface area contributed by atoms with E-state index in [4.69, 9.17) is 4.74 Å². The predicted octanol–water partition coefficient (Wildman–Crippen LogP) is 5.95. The normalized spacial score (nSPS) is 43.0. The lowest BCUT2D eigenvalue weighted by atomic mass is 9.57. The van der Waals surface area contributed by atoms with Crippen molar-refractivity contribution >= 4 is 0 Å². The van der Waals surface area contributed by atoms with Crippen LogP contribution in [0.5, 0.6) is 0 Å². The van der Waals surface area contributed by atoms with E-state index in [1.807, 2.05) is 0 Å². The minimum absolute atomic E-state index is 0.0602. The Balaban J connectivity index is 1.60. The Morgan fingerprint density at radius 2 is 2.08 bits per heavy atom. The van der Waals surface area contributed by atoms with Crippen LogP contribution in [0.15, 0.2) is 22.8 Å². The molecule has 5 unspecified atom stereocenters. The Kier molecular flexibility index (Phi) is 4.35. The number of hydrogen-bond donors (Lipinski definition) is 0. The van der Waals surface area contributed by atoms with Crippen molar-refractivity contribution in [1.82, 2.24) is 0 Å². The van der Waals surface area contributed by atoms with Gasteiger partial charge in [-0.2, -0.15) is 5.26 Å². The second-order valence-corrected chi connectivity index (χ2v) is 9.44. The molecule has 0 aromatic carbocycles. The first-order valence-corrected chi connectivity index (χ1v) is 10.5. The van der Waals surface area contributed by atoms with Crippen LogP contribution < -0.4 is 0 Å². The Morgan fingerprint density at radius 1 is 1.24 bits per heavy atom. The second kappa shape index (κ2) is 6.27. The molecule has 0 radical (unpaired) electrons. The maximum atomic E-state index is 9.59. The van der Waals surface area contributed by atoms with Crippen LogP contribution in [-0.2, 0) is 4.74 Å². The molecular weight excluding hydrogens is 306 g/mol. The van der Waals surface area contributed by atoms with E-state index in [0.29, 0.717) is 0 Å². The summed E-state index contributed by atoms with van der Waals surface area (Å²) in [7, 11) is 0. The SMILES string of the molecule is CCCOC1(C)CCC2=C(CCC3C2=CCC2(C)C(C#N)CCC32)C1. The van der Waals surface area contributed by atoms with Crippen molar-refractivity contribution < 1.29 is 4.74 Å². The van der Waals surface area contributed by atoms with Crippen LogP contribution in [0.3, 0.4) is 0 Å². The molecule has 0 aromatic rings. The van der Waals surface area contributed by atoms with E-state index in [-0.39, 0.29) is 16.9 Å². The van der Waals surface area contributed by atoms with Crippen LogP contribution in [0.2, 0.25) is 0 Å². The molecule has 1 fully saturated rings. The lowest BCUT2D eigenvalue weighted by molar-refractivity contribution is -0.0418. The molecule has 0 aromatic heterocycles. The van der Waals surface area contributed by atoms with Gasteiger partial charge in [-0.15, -0.1) is 0 Å². The molecule has 2 nitrogen and oxygen atoms in total. The van der Waals surface area contributed by atoms with Gasteiger partial charge in [0.2, 0.25) is 0 Å². The van der Waals surface area contributed by atoms with Crippen LogP contribution in [0.1, 0.15) is 78.6 Å². The van der Waals surface area contributed by atoms with E-state index in [0.717, 1.165) is 44.1 Å². The minimum Gasteiger partial charge on any atom is -0.375 e. The topological polar surface area (TPSA) is 33.0 Å². The van der Waals surface area contributed by atoms with Crippen molar-refractivity contribution in [2.24, 2.45) is 23.2 Å². The molecule has 2 heteroatoms. The summed E-state index contributed by atoms with van der Waals surface area (Å²) in [5.74, 6) is 1.72. The standard InChI is InChI=1S/C23H33NO/c1-4-13-25-22(2)11-9-18-16(14-22)5-7-20-19(18)10-12-23(3)17(15-24)6-8-21(20)23/h10,17,20-21H,4-9,11-14H2,1-3H3. The zero-order valence-corrected chi connectivity index (χ0v) is 16.2. The van der Waals surface area contributed by atoms with Crippen LogP contribution in [-0.4, -0.2) is 12.2 Å². The van der Waals surface area contributed by atoms with E-state index in [1.165, 1.54) is 32.1 Å². The molecule has 4 aliphatic carbocycles. The van der Waals surface area contributed by atoms with Crippen molar-refractivity contribution in [3.8, 4) is 6.07 Å². The maximum absolute atomic E-state index is 9.59. The number of nitrogens with zero attached hydrogens (tertiary/aromatic N) is 1. The third kappa shape index (κ3) is 2.71. The molecule has 0 spiro atoms. The highest BCUT2D eigenvalue weighted by Crippen LogP contribution is 2.61. The Bertz CT molecular complexity index is 653. The molecule has 0 aliphatic heterocycles. The molecule has 0 bridgehead atoms. The molecule has 4 aliphatic rings. The molecule has 1 saturated carbocycles. The lowest BCUT2D eigenvalue weighted by Gasteiger charge is -2.48. The van der Waals surface area contributed by atoms with Crippen LogP contribution in [0.4, 0.5) is 0 Å². The van der Waals surface area contributed by atoms with Gasteiger partial charge >= 0.3 is 0 Å². The predicted molar refractivity (Wildman–Crippen MR) is 101 cm³/mol. The fourth-order valence-electron chi connectivity index (χ4n) is 6.43. The Morgan fingerprint density at radius 3 is 2.84 bits per heavy atom. The minimum atomic E-state index is 0.0602. The summed E-state index contributed by atoms with van der Waals surface area (Å²) in [6.07, 6.45) is 13.2. The van der Waals surface area contributed by atoms with Gasteiger partial charge in [0.05, 0.1) is 17.6 Å². The first kappa shape index (κ1) is 17.3. The van der Waals surface area contributed by atoms with Crippen molar-refractivity contribution in [2.75, 3.05) is 6.61 Å². The smallest absolute Gasteiger partial charge is 0.0694 e. The summed E-state index contributed by atoms with van der Waals surface area (Å²) >= 11 is 0. The van der Waals surface area contributed by atoms with E-state index in [1.54, 1.807) is 16.7 Å². The number of fused-ring (bicyclic) bond motifs is 4. The van der Waals surface area contributed by atoms with Gasteiger partial charge in [0.25, 0.3) is 0 Å². The Labute approximate surface area is 153 Å². The molecular formula is C23H33NO. The van der Waals surface area contributed by atoms with E-state index < -0.39 is 0 Å². The quantitative estimate of drug-likeness (QED) is 0.636. The Hall–Kier alpha value is -1.07. The van der Waals surface area contributed by atoms with Gasteiger partial charge in [0.1, 0.15) is 0 Å². The summed E-state index contributed by atoms with van der Waals surface area (Å²) in [4.78, 5) is 0. The average Bonchev–Trinajstić information content (AvgIpc) is 2.96. The summed E-state index contributed by atoms with van der Waals surface area (Å²) < 4.78 is 6.23. The first-order chi connectivity index (χ1) is 12.0. The molecule has 136 valence electrons. The van der Waals surface area contributed by atoms with Gasteiger partial charge < -0.3 is 4.74 Å². The van der Waals surface area contributed by atoms with Gasteiger partial charge in [0.15, 0.2) is 0 Å². The van der Waals surface area contributed by atoms with Crippen LogP contribution in [0, 0.1) is 34.5 Å². The first-order valence-electron chi connectivity index (χ1n) is 10.5. The molecule has 25 heavy (non-hydrogen) atoms. The van der Waals surface area contributed by atoms with Crippen LogP contribution >= 0.6 is 0 Å². The summed E-state index contributed by atoms with van der Waals surface area (Å²) in [5.41, 5.74) is 5.35. The number of rotatable bonds is 3. The van der Waals surface area contributed by atoms with Gasteiger partial charge in [-0.25, -0.2) is 0 Å². The fourth-order valence-corrected chi connectivity index (χ4v) is 6.43. The molecule has 0 heterocycles. The summed E-state index contributed by atoms with van der Waals surface area (Å²) in [6, 6.07) is 2.63. The van der Waals surface area contributed by atoms with E-state index >= 15 is 0 Å². The number of ether oxygens (including phenoxy) is 1. The fraction of sp³-hybridized carbons (Fsp3) is 0.783. The molecule has 5 atom stereocenters. The van der Waals surface area contributed by atoms with Crippen molar-refractivity contribution in [2.45, 2.75) is 84.2 Å².